The molecule has 0 aliphatic rings. The zero-order valence-corrected chi connectivity index (χ0v) is 8.16. The monoisotopic (exact) mass is 181 g/mol. The third-order valence-corrected chi connectivity index (χ3v) is 1.94. The lowest BCUT2D eigenvalue weighted by atomic mass is 10.1. The van der Waals surface area contributed by atoms with Gasteiger partial charge in [-0.3, -0.25) is 0 Å². The second kappa shape index (κ2) is 4.14. The molecule has 1 atom stereocenters. The van der Waals surface area contributed by atoms with Gasteiger partial charge in [0, 0.05) is 18.8 Å². The molecular formula is C10H15NO2. The summed E-state index contributed by atoms with van der Waals surface area (Å²) in [5.74, 6) is 0.753. The molecule has 0 radical (unpaired) electrons. The molecule has 1 rings (SSSR count). The molecule has 0 saturated carbocycles. The molecule has 0 fully saturated rings. The molecule has 0 heterocycles. The van der Waals surface area contributed by atoms with Crippen molar-refractivity contribution >= 4 is 5.69 Å². The van der Waals surface area contributed by atoms with E-state index in [0.29, 0.717) is 0 Å². The first kappa shape index (κ1) is 9.86. The van der Waals surface area contributed by atoms with E-state index in [1.807, 2.05) is 25.2 Å². The van der Waals surface area contributed by atoms with Crippen LogP contribution >= 0.6 is 0 Å². The average molecular weight is 181 g/mol. The standard InChI is InChI=1S/C10H15NO2/c1-7(12)8-4-9(11-2)6-10(5-8)13-3/h4-7,11-12H,1-3H3. The van der Waals surface area contributed by atoms with Crippen LogP contribution in [0.25, 0.3) is 0 Å². The molecule has 0 spiro atoms. The number of rotatable bonds is 3. The highest BCUT2D eigenvalue weighted by molar-refractivity contribution is 5.51. The fourth-order valence-electron chi connectivity index (χ4n) is 1.13. The van der Waals surface area contributed by atoms with Gasteiger partial charge in [-0.15, -0.1) is 0 Å². The first-order chi connectivity index (χ1) is 6.17. The van der Waals surface area contributed by atoms with E-state index >= 15 is 0 Å². The summed E-state index contributed by atoms with van der Waals surface area (Å²) in [5, 5.41) is 12.4. The van der Waals surface area contributed by atoms with Crippen LogP contribution in [-0.4, -0.2) is 19.3 Å². The van der Waals surface area contributed by atoms with Gasteiger partial charge in [0.05, 0.1) is 13.2 Å². The Bertz CT molecular complexity index is 262. The van der Waals surface area contributed by atoms with E-state index < -0.39 is 6.10 Å². The van der Waals surface area contributed by atoms with Crippen molar-refractivity contribution in [2.24, 2.45) is 0 Å². The molecule has 1 unspecified atom stereocenters. The number of ether oxygens (including phenoxy) is 1. The van der Waals surface area contributed by atoms with Gasteiger partial charge >= 0.3 is 0 Å². The molecule has 72 valence electrons. The van der Waals surface area contributed by atoms with E-state index in [-0.39, 0.29) is 0 Å². The zero-order valence-electron chi connectivity index (χ0n) is 8.16. The van der Waals surface area contributed by atoms with Crippen molar-refractivity contribution in [1.29, 1.82) is 0 Å². The van der Waals surface area contributed by atoms with Crippen molar-refractivity contribution in [3.63, 3.8) is 0 Å². The van der Waals surface area contributed by atoms with E-state index in [1.54, 1.807) is 14.0 Å². The van der Waals surface area contributed by atoms with Gasteiger partial charge in [-0.25, -0.2) is 0 Å². The fourth-order valence-corrected chi connectivity index (χ4v) is 1.13. The summed E-state index contributed by atoms with van der Waals surface area (Å²) in [7, 11) is 3.45. The first-order valence-electron chi connectivity index (χ1n) is 4.22. The minimum atomic E-state index is -0.470. The van der Waals surface area contributed by atoms with Crippen molar-refractivity contribution in [2.75, 3.05) is 19.5 Å². The van der Waals surface area contributed by atoms with Crippen molar-refractivity contribution in [1.82, 2.24) is 0 Å². The van der Waals surface area contributed by atoms with Gasteiger partial charge in [0.25, 0.3) is 0 Å². The second-order valence-corrected chi connectivity index (χ2v) is 2.92. The van der Waals surface area contributed by atoms with Crippen LogP contribution in [0.15, 0.2) is 18.2 Å². The summed E-state index contributed by atoms with van der Waals surface area (Å²) < 4.78 is 5.10. The van der Waals surface area contributed by atoms with Gasteiger partial charge < -0.3 is 15.2 Å². The third kappa shape index (κ3) is 2.36. The number of hydrogen-bond donors (Lipinski definition) is 2. The molecule has 0 aliphatic carbocycles. The number of aliphatic hydroxyl groups is 1. The summed E-state index contributed by atoms with van der Waals surface area (Å²) in [6.45, 7) is 1.73. The van der Waals surface area contributed by atoms with Gasteiger partial charge in [-0.2, -0.15) is 0 Å². The summed E-state index contributed by atoms with van der Waals surface area (Å²) >= 11 is 0. The van der Waals surface area contributed by atoms with Crippen LogP contribution in [0.3, 0.4) is 0 Å². The highest BCUT2D eigenvalue weighted by atomic mass is 16.5. The maximum absolute atomic E-state index is 9.38. The Hall–Kier alpha value is -1.22. The SMILES string of the molecule is CNc1cc(OC)cc(C(C)O)c1. The minimum Gasteiger partial charge on any atom is -0.497 e. The van der Waals surface area contributed by atoms with E-state index in [4.69, 9.17) is 4.74 Å². The maximum atomic E-state index is 9.38. The number of hydrogen-bond acceptors (Lipinski definition) is 3. The number of benzene rings is 1. The maximum Gasteiger partial charge on any atom is 0.121 e. The molecule has 13 heavy (non-hydrogen) atoms. The smallest absolute Gasteiger partial charge is 0.121 e. The Morgan fingerprint density at radius 3 is 2.54 bits per heavy atom. The number of anilines is 1. The molecule has 2 N–H and O–H groups in total. The minimum absolute atomic E-state index is 0.470. The molecule has 0 bridgehead atoms. The summed E-state index contributed by atoms with van der Waals surface area (Å²) in [5.41, 5.74) is 1.79. The number of nitrogens with one attached hydrogen (secondary N) is 1. The highest BCUT2D eigenvalue weighted by Crippen LogP contribution is 2.24. The number of aliphatic hydroxyl groups excluding tert-OH is 1. The molecule has 0 aromatic heterocycles. The van der Waals surface area contributed by atoms with Crippen molar-refractivity contribution in [3.05, 3.63) is 23.8 Å². The Morgan fingerprint density at radius 1 is 1.38 bits per heavy atom. The predicted octanol–water partition coefficient (Wildman–Crippen LogP) is 1.79. The van der Waals surface area contributed by atoms with Gasteiger partial charge in [0.1, 0.15) is 5.75 Å². The van der Waals surface area contributed by atoms with Crippen LogP contribution in [-0.2, 0) is 0 Å². The largest absolute Gasteiger partial charge is 0.497 e. The fraction of sp³-hybridized carbons (Fsp3) is 0.400. The lowest BCUT2D eigenvalue weighted by Crippen LogP contribution is -1.96. The molecule has 0 saturated heterocycles. The van der Waals surface area contributed by atoms with Crippen molar-refractivity contribution in [3.8, 4) is 5.75 Å². The molecule has 1 aromatic carbocycles. The Labute approximate surface area is 78.3 Å². The summed E-state index contributed by atoms with van der Waals surface area (Å²) in [4.78, 5) is 0. The first-order valence-corrected chi connectivity index (χ1v) is 4.22. The van der Waals surface area contributed by atoms with Crippen LogP contribution in [0, 0.1) is 0 Å². The van der Waals surface area contributed by atoms with Gasteiger partial charge in [-0.1, -0.05) is 0 Å². The van der Waals surface area contributed by atoms with E-state index in [1.165, 1.54) is 0 Å². The molecular weight excluding hydrogens is 166 g/mol. The van der Waals surface area contributed by atoms with Crippen LogP contribution < -0.4 is 10.1 Å². The van der Waals surface area contributed by atoms with Gasteiger partial charge in [-0.05, 0) is 24.6 Å². The average Bonchev–Trinajstić information content (AvgIpc) is 2.16. The summed E-state index contributed by atoms with van der Waals surface area (Å²) in [6.07, 6.45) is -0.470. The van der Waals surface area contributed by atoms with Crippen LogP contribution in [0.1, 0.15) is 18.6 Å². The van der Waals surface area contributed by atoms with E-state index in [2.05, 4.69) is 5.32 Å². The lowest BCUT2D eigenvalue weighted by molar-refractivity contribution is 0.199. The van der Waals surface area contributed by atoms with Crippen LogP contribution in [0.5, 0.6) is 5.75 Å². The molecule has 3 heteroatoms. The van der Waals surface area contributed by atoms with Gasteiger partial charge in [0.15, 0.2) is 0 Å². The Kier molecular flexibility index (Phi) is 3.14. The topological polar surface area (TPSA) is 41.5 Å². The second-order valence-electron chi connectivity index (χ2n) is 2.92. The highest BCUT2D eigenvalue weighted by Gasteiger charge is 2.04. The summed E-state index contributed by atoms with van der Waals surface area (Å²) in [6, 6.07) is 5.60. The molecule has 0 amide bonds. The third-order valence-electron chi connectivity index (χ3n) is 1.94. The Balaban J connectivity index is 3.07. The molecule has 0 aliphatic heterocycles. The predicted molar refractivity (Wildman–Crippen MR) is 53.2 cm³/mol. The van der Waals surface area contributed by atoms with Crippen molar-refractivity contribution in [2.45, 2.75) is 13.0 Å². The van der Waals surface area contributed by atoms with Gasteiger partial charge in [0.2, 0.25) is 0 Å². The normalized spacial score (nSPS) is 12.3. The quantitative estimate of drug-likeness (QED) is 0.747. The van der Waals surface area contributed by atoms with E-state index in [0.717, 1.165) is 17.0 Å². The lowest BCUT2D eigenvalue weighted by Gasteiger charge is -2.10. The Morgan fingerprint density at radius 2 is 2.08 bits per heavy atom. The van der Waals surface area contributed by atoms with Crippen molar-refractivity contribution < 1.29 is 9.84 Å². The van der Waals surface area contributed by atoms with Crippen LogP contribution in [0.2, 0.25) is 0 Å². The molecule has 1 aromatic rings. The van der Waals surface area contributed by atoms with Crippen LogP contribution in [0.4, 0.5) is 5.69 Å². The van der Waals surface area contributed by atoms with E-state index in [9.17, 15) is 5.11 Å². The molecule has 3 nitrogen and oxygen atoms in total. The zero-order chi connectivity index (χ0) is 9.84. The number of methoxy groups -OCH3 is 1.